The summed E-state index contributed by atoms with van der Waals surface area (Å²) in [6, 6.07) is 9.28. The summed E-state index contributed by atoms with van der Waals surface area (Å²) < 4.78 is 10.4. The van der Waals surface area contributed by atoms with Gasteiger partial charge in [-0.15, -0.1) is 0 Å². The first-order valence-electron chi connectivity index (χ1n) is 6.37. The van der Waals surface area contributed by atoms with Crippen LogP contribution in [-0.4, -0.2) is 31.7 Å². The monoisotopic (exact) mass is 274 g/mol. The quantitative estimate of drug-likeness (QED) is 0.847. The Morgan fingerprint density at radius 3 is 2.65 bits per heavy atom. The van der Waals surface area contributed by atoms with Gasteiger partial charge in [0.15, 0.2) is 11.5 Å². The van der Waals surface area contributed by atoms with Gasteiger partial charge in [-0.25, -0.2) is 0 Å². The Morgan fingerprint density at radius 1 is 1.20 bits per heavy atom. The summed E-state index contributed by atoms with van der Waals surface area (Å²) in [6.45, 7) is 0.563. The zero-order valence-electron chi connectivity index (χ0n) is 11.6. The van der Waals surface area contributed by atoms with Crippen LogP contribution in [0.25, 0.3) is 0 Å². The molecule has 106 valence electrons. The molecule has 5 nitrogen and oxygen atoms in total. The predicted molar refractivity (Wildman–Crippen MR) is 76.4 cm³/mol. The Bertz CT molecular complexity index is 565. The lowest BCUT2D eigenvalue weighted by Crippen LogP contribution is -2.25. The lowest BCUT2D eigenvalue weighted by atomic mass is 10.1. The maximum Gasteiger partial charge on any atom is 0.267 e. The molecule has 1 amide bonds. The van der Waals surface area contributed by atoms with Crippen molar-refractivity contribution < 1.29 is 14.3 Å². The van der Waals surface area contributed by atoms with Gasteiger partial charge >= 0.3 is 0 Å². The van der Waals surface area contributed by atoms with E-state index >= 15 is 0 Å². The van der Waals surface area contributed by atoms with E-state index in [0.29, 0.717) is 23.7 Å². The van der Waals surface area contributed by atoms with Gasteiger partial charge in [0.25, 0.3) is 5.91 Å². The van der Waals surface area contributed by atoms with E-state index in [0.717, 1.165) is 12.0 Å². The Hall–Kier alpha value is -2.43. The number of hydrogen-bond donors (Lipinski definition) is 2. The molecule has 0 unspecified atom stereocenters. The molecule has 2 N–H and O–H groups in total. The van der Waals surface area contributed by atoms with Gasteiger partial charge in [0.05, 0.1) is 14.2 Å². The van der Waals surface area contributed by atoms with Gasteiger partial charge in [-0.1, -0.05) is 6.07 Å². The van der Waals surface area contributed by atoms with Crippen molar-refractivity contribution in [2.45, 2.75) is 6.42 Å². The first-order valence-corrected chi connectivity index (χ1v) is 6.37. The molecule has 1 aromatic carbocycles. The van der Waals surface area contributed by atoms with Crippen molar-refractivity contribution in [1.29, 1.82) is 0 Å². The fourth-order valence-corrected chi connectivity index (χ4v) is 1.92. The molecule has 0 atom stereocenters. The number of rotatable bonds is 6. The molecule has 2 rings (SSSR count). The minimum atomic E-state index is -0.101. The normalized spacial score (nSPS) is 10.1. The number of aromatic nitrogens is 1. The molecule has 1 heterocycles. The standard InChI is InChI=1S/C15H18N2O3/c1-19-13-6-5-11(10-14(13)20-2)7-9-17-15(18)12-4-3-8-16-12/h3-6,8,10,16H,7,9H2,1-2H3,(H,17,18). The number of amides is 1. The highest BCUT2D eigenvalue weighted by atomic mass is 16.5. The molecule has 1 aromatic heterocycles. The van der Waals surface area contributed by atoms with E-state index in [-0.39, 0.29) is 5.91 Å². The molecule has 0 aliphatic rings. The molecule has 5 heteroatoms. The molecule has 0 saturated heterocycles. The summed E-state index contributed by atoms with van der Waals surface area (Å²) >= 11 is 0. The molecule has 0 saturated carbocycles. The fourth-order valence-electron chi connectivity index (χ4n) is 1.92. The van der Waals surface area contributed by atoms with Crippen molar-refractivity contribution in [2.24, 2.45) is 0 Å². The van der Waals surface area contributed by atoms with E-state index in [1.165, 1.54) is 0 Å². The van der Waals surface area contributed by atoms with Crippen molar-refractivity contribution >= 4 is 5.91 Å². The average molecular weight is 274 g/mol. The van der Waals surface area contributed by atoms with Gasteiger partial charge in [0.1, 0.15) is 5.69 Å². The molecular formula is C15H18N2O3. The SMILES string of the molecule is COc1ccc(CCNC(=O)c2ccc[nH]2)cc1OC. The van der Waals surface area contributed by atoms with Crippen molar-refractivity contribution in [1.82, 2.24) is 10.3 Å². The third-order valence-electron chi connectivity index (χ3n) is 2.99. The van der Waals surface area contributed by atoms with Crippen LogP contribution < -0.4 is 14.8 Å². The lowest BCUT2D eigenvalue weighted by Gasteiger charge is -2.10. The third-order valence-corrected chi connectivity index (χ3v) is 2.99. The molecule has 0 bridgehead atoms. The van der Waals surface area contributed by atoms with Crippen molar-refractivity contribution in [3.05, 3.63) is 47.8 Å². The summed E-state index contributed by atoms with van der Waals surface area (Å²) in [5.41, 5.74) is 1.65. The zero-order chi connectivity index (χ0) is 14.4. The van der Waals surface area contributed by atoms with Crippen LogP contribution in [0.15, 0.2) is 36.5 Å². The van der Waals surface area contributed by atoms with Gasteiger partial charge in [0, 0.05) is 12.7 Å². The number of aromatic amines is 1. The summed E-state index contributed by atoms with van der Waals surface area (Å²) in [7, 11) is 3.21. The largest absolute Gasteiger partial charge is 0.493 e. The molecule has 0 aliphatic heterocycles. The molecule has 0 radical (unpaired) electrons. The number of carbonyl (C=O) groups is 1. The summed E-state index contributed by atoms with van der Waals surface area (Å²) in [5.74, 6) is 1.29. The van der Waals surface area contributed by atoms with Crippen molar-refractivity contribution in [3.63, 3.8) is 0 Å². The number of ether oxygens (including phenoxy) is 2. The highest BCUT2D eigenvalue weighted by Gasteiger charge is 2.07. The van der Waals surface area contributed by atoms with Crippen LogP contribution in [0.1, 0.15) is 16.1 Å². The van der Waals surface area contributed by atoms with Gasteiger partial charge in [-0.3, -0.25) is 4.79 Å². The van der Waals surface area contributed by atoms with Crippen LogP contribution in [0.4, 0.5) is 0 Å². The van der Waals surface area contributed by atoms with Gasteiger partial charge < -0.3 is 19.8 Å². The zero-order valence-corrected chi connectivity index (χ0v) is 11.6. The van der Waals surface area contributed by atoms with E-state index < -0.39 is 0 Å². The van der Waals surface area contributed by atoms with Crippen LogP contribution >= 0.6 is 0 Å². The van der Waals surface area contributed by atoms with Gasteiger partial charge in [0.2, 0.25) is 0 Å². The second kappa shape index (κ2) is 6.65. The number of methoxy groups -OCH3 is 2. The van der Waals surface area contributed by atoms with Crippen LogP contribution in [0.5, 0.6) is 11.5 Å². The summed E-state index contributed by atoms with van der Waals surface area (Å²) in [6.07, 6.45) is 2.45. The van der Waals surface area contributed by atoms with E-state index in [1.807, 2.05) is 18.2 Å². The maximum atomic E-state index is 11.7. The predicted octanol–water partition coefficient (Wildman–Crippen LogP) is 2.00. The van der Waals surface area contributed by atoms with E-state index in [4.69, 9.17) is 9.47 Å². The summed E-state index contributed by atoms with van der Waals surface area (Å²) in [4.78, 5) is 14.6. The Kier molecular flexibility index (Phi) is 4.65. The van der Waals surface area contributed by atoms with Crippen LogP contribution in [0.2, 0.25) is 0 Å². The minimum Gasteiger partial charge on any atom is -0.493 e. The van der Waals surface area contributed by atoms with Gasteiger partial charge in [-0.05, 0) is 36.2 Å². The molecule has 20 heavy (non-hydrogen) atoms. The first kappa shape index (κ1) is 14.0. The summed E-state index contributed by atoms with van der Waals surface area (Å²) in [5, 5.41) is 2.86. The fraction of sp³-hybridized carbons (Fsp3) is 0.267. The molecule has 2 aromatic rings. The van der Waals surface area contributed by atoms with E-state index in [9.17, 15) is 4.79 Å². The smallest absolute Gasteiger partial charge is 0.267 e. The van der Waals surface area contributed by atoms with Crippen molar-refractivity contribution in [2.75, 3.05) is 20.8 Å². The first-order chi connectivity index (χ1) is 9.74. The van der Waals surface area contributed by atoms with E-state index in [2.05, 4.69) is 10.3 Å². The van der Waals surface area contributed by atoms with Crippen molar-refractivity contribution in [3.8, 4) is 11.5 Å². The van der Waals surface area contributed by atoms with E-state index in [1.54, 1.807) is 32.5 Å². The van der Waals surface area contributed by atoms with Crippen LogP contribution in [0, 0.1) is 0 Å². The average Bonchev–Trinajstić information content (AvgIpc) is 3.01. The molecule has 0 fully saturated rings. The van der Waals surface area contributed by atoms with Crippen LogP contribution in [-0.2, 0) is 6.42 Å². The van der Waals surface area contributed by atoms with Crippen LogP contribution in [0.3, 0.4) is 0 Å². The Balaban J connectivity index is 1.89. The second-order valence-electron chi connectivity index (χ2n) is 4.28. The molecular weight excluding hydrogens is 256 g/mol. The number of hydrogen-bond acceptors (Lipinski definition) is 3. The molecule has 0 spiro atoms. The third kappa shape index (κ3) is 3.32. The highest BCUT2D eigenvalue weighted by molar-refractivity contribution is 5.92. The topological polar surface area (TPSA) is 63.3 Å². The number of benzene rings is 1. The number of carbonyl (C=O) groups excluding carboxylic acids is 1. The second-order valence-corrected chi connectivity index (χ2v) is 4.28. The lowest BCUT2D eigenvalue weighted by molar-refractivity contribution is 0.0950. The Labute approximate surface area is 117 Å². The highest BCUT2D eigenvalue weighted by Crippen LogP contribution is 2.27. The Morgan fingerprint density at radius 2 is 2.00 bits per heavy atom. The molecule has 0 aliphatic carbocycles. The van der Waals surface area contributed by atoms with Gasteiger partial charge in [-0.2, -0.15) is 0 Å². The minimum absolute atomic E-state index is 0.101. The maximum absolute atomic E-state index is 11.7. The number of nitrogens with one attached hydrogen (secondary N) is 2. The number of H-pyrrole nitrogens is 1.